The molecule has 58 valence electrons. The molecule has 2 fully saturated rings. The highest BCUT2D eigenvalue weighted by Gasteiger charge is 2.26. The van der Waals surface area contributed by atoms with Crippen LogP contribution in [0.1, 0.15) is 25.7 Å². The van der Waals surface area contributed by atoms with Crippen LogP contribution < -0.4 is 0 Å². The van der Waals surface area contributed by atoms with E-state index in [1.807, 2.05) is 0 Å². The molecule has 0 aliphatic carbocycles. The van der Waals surface area contributed by atoms with Crippen molar-refractivity contribution in [3.63, 3.8) is 0 Å². The lowest BCUT2D eigenvalue weighted by atomic mass is 10.1. The number of hydrogen-bond donors (Lipinski definition) is 0. The van der Waals surface area contributed by atoms with E-state index in [1.54, 1.807) is 0 Å². The van der Waals surface area contributed by atoms with Crippen LogP contribution in [0.25, 0.3) is 0 Å². The molecule has 0 amide bonds. The number of likely N-dealkylation sites (tertiary alicyclic amines) is 1. The van der Waals surface area contributed by atoms with E-state index in [2.05, 4.69) is 4.90 Å². The van der Waals surface area contributed by atoms with Crippen LogP contribution in [-0.4, -0.2) is 30.8 Å². The molecule has 2 heterocycles. The lowest BCUT2D eigenvalue weighted by Gasteiger charge is -2.39. The largest absolute Gasteiger partial charge is 0.363 e. The molecule has 1 atom stereocenters. The third-order valence-corrected chi connectivity index (χ3v) is 2.47. The first kappa shape index (κ1) is 6.62. The smallest absolute Gasteiger partial charge is 0.112 e. The van der Waals surface area contributed by atoms with Gasteiger partial charge in [0.1, 0.15) is 6.23 Å². The SMILES string of the molecule is C1CCN([C@@H]2CCO2)CC1. The number of nitrogens with zero attached hydrogens (tertiary/aromatic N) is 1. The Kier molecular flexibility index (Phi) is 1.91. The van der Waals surface area contributed by atoms with Gasteiger partial charge >= 0.3 is 0 Å². The van der Waals surface area contributed by atoms with E-state index in [1.165, 1.54) is 38.8 Å². The molecule has 2 saturated heterocycles. The molecule has 10 heavy (non-hydrogen) atoms. The predicted molar refractivity (Wildman–Crippen MR) is 39.8 cm³/mol. The zero-order chi connectivity index (χ0) is 6.81. The fourth-order valence-corrected chi connectivity index (χ4v) is 1.72. The minimum absolute atomic E-state index is 0.500. The van der Waals surface area contributed by atoms with Gasteiger partial charge in [-0.15, -0.1) is 0 Å². The molecule has 2 rings (SSSR count). The Labute approximate surface area is 62.2 Å². The summed E-state index contributed by atoms with van der Waals surface area (Å²) in [6.45, 7) is 3.52. The van der Waals surface area contributed by atoms with Crippen molar-refractivity contribution in [2.45, 2.75) is 31.9 Å². The maximum absolute atomic E-state index is 5.40. The van der Waals surface area contributed by atoms with E-state index in [9.17, 15) is 0 Å². The van der Waals surface area contributed by atoms with Crippen molar-refractivity contribution < 1.29 is 4.74 Å². The summed E-state index contributed by atoms with van der Waals surface area (Å²) in [7, 11) is 0. The Morgan fingerprint density at radius 3 is 2.30 bits per heavy atom. The summed E-state index contributed by atoms with van der Waals surface area (Å²) in [5.41, 5.74) is 0. The highest BCUT2D eigenvalue weighted by Crippen LogP contribution is 2.20. The molecule has 0 aromatic carbocycles. The van der Waals surface area contributed by atoms with Crippen LogP contribution in [0.5, 0.6) is 0 Å². The Bertz CT molecular complexity index is 106. The molecular formula is C8H15NO. The van der Waals surface area contributed by atoms with Gasteiger partial charge in [-0.05, 0) is 12.8 Å². The summed E-state index contributed by atoms with van der Waals surface area (Å²) in [5.74, 6) is 0. The predicted octanol–water partition coefficient (Wildman–Crippen LogP) is 1.22. The zero-order valence-corrected chi connectivity index (χ0v) is 6.38. The van der Waals surface area contributed by atoms with Gasteiger partial charge in [-0.1, -0.05) is 6.42 Å². The molecule has 0 saturated carbocycles. The summed E-state index contributed by atoms with van der Waals surface area (Å²) in [6, 6.07) is 0. The fraction of sp³-hybridized carbons (Fsp3) is 1.00. The minimum atomic E-state index is 0.500. The quantitative estimate of drug-likeness (QED) is 0.544. The van der Waals surface area contributed by atoms with Crippen molar-refractivity contribution in [3.05, 3.63) is 0 Å². The highest BCUT2D eigenvalue weighted by atomic mass is 16.5. The van der Waals surface area contributed by atoms with Crippen LogP contribution in [0.2, 0.25) is 0 Å². The van der Waals surface area contributed by atoms with Crippen LogP contribution in [0.15, 0.2) is 0 Å². The zero-order valence-electron chi connectivity index (χ0n) is 6.38. The fourth-order valence-electron chi connectivity index (χ4n) is 1.72. The maximum Gasteiger partial charge on any atom is 0.112 e. The second-order valence-corrected chi connectivity index (χ2v) is 3.21. The lowest BCUT2D eigenvalue weighted by Crippen LogP contribution is -2.46. The van der Waals surface area contributed by atoms with Gasteiger partial charge in [0.2, 0.25) is 0 Å². The standard InChI is InChI=1S/C8H15NO/c1-2-5-9(6-3-1)8-4-7-10-8/h8H,1-7H2/t8-/m0/s1. The van der Waals surface area contributed by atoms with Gasteiger partial charge in [0.15, 0.2) is 0 Å². The van der Waals surface area contributed by atoms with Crippen molar-refractivity contribution in [3.8, 4) is 0 Å². The van der Waals surface area contributed by atoms with E-state index < -0.39 is 0 Å². The van der Waals surface area contributed by atoms with Gasteiger partial charge in [-0.2, -0.15) is 0 Å². The highest BCUT2D eigenvalue weighted by molar-refractivity contribution is 4.72. The van der Waals surface area contributed by atoms with Gasteiger partial charge in [0.05, 0.1) is 6.61 Å². The van der Waals surface area contributed by atoms with Gasteiger partial charge in [0.25, 0.3) is 0 Å². The first-order valence-corrected chi connectivity index (χ1v) is 4.32. The number of piperidine rings is 1. The van der Waals surface area contributed by atoms with Gasteiger partial charge in [-0.3, -0.25) is 4.90 Å². The maximum atomic E-state index is 5.40. The normalized spacial score (nSPS) is 35.4. The summed E-state index contributed by atoms with van der Waals surface area (Å²) in [6.07, 6.45) is 5.93. The topological polar surface area (TPSA) is 12.5 Å². The van der Waals surface area contributed by atoms with Crippen LogP contribution in [0, 0.1) is 0 Å². The van der Waals surface area contributed by atoms with Crippen molar-refractivity contribution in [2.75, 3.05) is 19.7 Å². The summed E-state index contributed by atoms with van der Waals surface area (Å²) in [5, 5.41) is 0. The molecule has 0 aromatic rings. The van der Waals surface area contributed by atoms with Crippen molar-refractivity contribution in [1.29, 1.82) is 0 Å². The third-order valence-electron chi connectivity index (χ3n) is 2.47. The van der Waals surface area contributed by atoms with Crippen LogP contribution in [-0.2, 0) is 4.74 Å². The minimum Gasteiger partial charge on any atom is -0.363 e. The number of hydrogen-bond acceptors (Lipinski definition) is 2. The Morgan fingerprint density at radius 2 is 1.80 bits per heavy atom. The average molecular weight is 141 g/mol. The molecule has 2 heteroatoms. The molecule has 0 spiro atoms. The molecule has 0 unspecified atom stereocenters. The van der Waals surface area contributed by atoms with Crippen LogP contribution in [0.4, 0.5) is 0 Å². The first-order valence-electron chi connectivity index (χ1n) is 4.32. The molecule has 2 aliphatic heterocycles. The van der Waals surface area contributed by atoms with Crippen molar-refractivity contribution >= 4 is 0 Å². The van der Waals surface area contributed by atoms with E-state index >= 15 is 0 Å². The summed E-state index contributed by atoms with van der Waals surface area (Å²) < 4.78 is 5.40. The third kappa shape index (κ3) is 1.18. The summed E-state index contributed by atoms with van der Waals surface area (Å²) >= 11 is 0. The van der Waals surface area contributed by atoms with E-state index in [0.29, 0.717) is 6.23 Å². The van der Waals surface area contributed by atoms with Crippen LogP contribution in [0.3, 0.4) is 0 Å². The molecule has 0 aromatic heterocycles. The molecule has 2 nitrogen and oxygen atoms in total. The monoisotopic (exact) mass is 141 g/mol. The van der Waals surface area contributed by atoms with Crippen molar-refractivity contribution in [2.24, 2.45) is 0 Å². The Hall–Kier alpha value is -0.0800. The van der Waals surface area contributed by atoms with Gasteiger partial charge in [-0.25, -0.2) is 0 Å². The Balaban J connectivity index is 1.78. The summed E-state index contributed by atoms with van der Waals surface area (Å²) in [4.78, 5) is 2.48. The first-order chi connectivity index (χ1) is 4.97. The average Bonchev–Trinajstić information content (AvgIpc) is 1.86. The number of rotatable bonds is 1. The molecule has 0 radical (unpaired) electrons. The van der Waals surface area contributed by atoms with Gasteiger partial charge < -0.3 is 4.74 Å². The second kappa shape index (κ2) is 2.89. The Morgan fingerprint density at radius 1 is 1.10 bits per heavy atom. The molecule has 2 aliphatic rings. The van der Waals surface area contributed by atoms with E-state index in [4.69, 9.17) is 4.74 Å². The van der Waals surface area contributed by atoms with E-state index in [-0.39, 0.29) is 0 Å². The van der Waals surface area contributed by atoms with Crippen LogP contribution >= 0.6 is 0 Å². The lowest BCUT2D eigenvalue weighted by molar-refractivity contribution is -0.148. The molecule has 0 bridgehead atoms. The second-order valence-electron chi connectivity index (χ2n) is 3.21. The number of ether oxygens (including phenoxy) is 1. The molecular weight excluding hydrogens is 126 g/mol. The molecule has 0 N–H and O–H groups in total. The van der Waals surface area contributed by atoms with Gasteiger partial charge in [0, 0.05) is 19.5 Å². The van der Waals surface area contributed by atoms with Crippen molar-refractivity contribution in [1.82, 2.24) is 4.90 Å². The van der Waals surface area contributed by atoms with E-state index in [0.717, 1.165) is 6.61 Å².